The van der Waals surface area contributed by atoms with Crippen molar-refractivity contribution in [3.8, 4) is 0 Å². The van der Waals surface area contributed by atoms with Crippen LogP contribution in [0.15, 0.2) is 29.4 Å². The fourth-order valence-electron chi connectivity index (χ4n) is 3.32. The Morgan fingerprint density at radius 1 is 0.912 bits per heavy atom. The molecule has 1 aromatic rings. The summed E-state index contributed by atoms with van der Waals surface area (Å²) >= 11 is 0. The van der Waals surface area contributed by atoms with E-state index in [4.69, 9.17) is 14.3 Å². The fraction of sp³-hybridized carbons (Fsp3) is 0.600. The number of likely N-dealkylation sites (N-methyl/N-ethyl adjacent to an activating group) is 1. The smallest absolute Gasteiger partial charge is 0.442 e. The molecular weight excluding hydrogens is 438 g/mol. The molecule has 9 heteroatoms. The minimum atomic E-state index is -1.79. The number of amides is 2. The highest BCUT2D eigenvalue weighted by Gasteiger charge is 2.57. The number of hydroxylamine groups is 2. The lowest BCUT2D eigenvalue weighted by Crippen LogP contribution is -2.61. The molecule has 2 amide bonds. The maximum Gasteiger partial charge on any atom is 0.534 e. The van der Waals surface area contributed by atoms with E-state index in [-0.39, 0.29) is 11.1 Å². The Kier molecular flexibility index (Phi) is 7.13. The van der Waals surface area contributed by atoms with Gasteiger partial charge in [-0.25, -0.2) is 14.6 Å². The second-order valence-corrected chi connectivity index (χ2v) is 11.5. The molecule has 0 spiro atoms. The molecule has 1 aliphatic heterocycles. The highest BCUT2D eigenvalue weighted by molar-refractivity contribution is 6.24. The van der Waals surface area contributed by atoms with E-state index in [1.165, 1.54) is 14.0 Å². The van der Waals surface area contributed by atoms with Crippen LogP contribution in [-0.4, -0.2) is 57.7 Å². The molecule has 0 N–H and O–H groups in total. The van der Waals surface area contributed by atoms with Crippen LogP contribution in [0.1, 0.15) is 80.4 Å². The Balaban J connectivity index is 2.57. The van der Waals surface area contributed by atoms with Gasteiger partial charge in [0.25, 0.3) is 5.91 Å². The average molecular weight is 476 g/mol. The zero-order chi connectivity index (χ0) is 26.3. The molecule has 0 fully saturated rings. The first-order chi connectivity index (χ1) is 15.3. The van der Waals surface area contributed by atoms with Crippen molar-refractivity contribution >= 4 is 23.9 Å². The van der Waals surface area contributed by atoms with Gasteiger partial charge < -0.3 is 9.47 Å². The third kappa shape index (κ3) is 6.07. The summed E-state index contributed by atoms with van der Waals surface area (Å²) < 4.78 is 10.7. The van der Waals surface area contributed by atoms with Crippen molar-refractivity contribution in [2.75, 3.05) is 7.05 Å². The van der Waals surface area contributed by atoms with Gasteiger partial charge in [-0.15, -0.1) is 5.06 Å². The summed E-state index contributed by atoms with van der Waals surface area (Å²) in [5.74, 6) is -0.572. The Hall–Kier alpha value is -3.10. The summed E-state index contributed by atoms with van der Waals surface area (Å²) in [6, 6.07) is 7.52. The molecular formula is C25H37N3O6. The number of ether oxygens (including phenoxy) is 2. The highest BCUT2D eigenvalue weighted by atomic mass is 16.8. The van der Waals surface area contributed by atoms with Crippen LogP contribution in [0, 0.1) is 0 Å². The summed E-state index contributed by atoms with van der Waals surface area (Å²) in [6.45, 7) is 17.7. The van der Waals surface area contributed by atoms with Crippen molar-refractivity contribution in [3.05, 3.63) is 35.4 Å². The molecule has 0 aromatic heterocycles. The molecule has 1 atom stereocenters. The molecule has 2 rings (SSSR count). The van der Waals surface area contributed by atoms with E-state index >= 15 is 0 Å². The van der Waals surface area contributed by atoms with Crippen LogP contribution in [0.25, 0.3) is 0 Å². The Bertz CT molecular complexity index is 980. The van der Waals surface area contributed by atoms with E-state index in [1.807, 2.05) is 24.3 Å². The number of rotatable bonds is 2. The van der Waals surface area contributed by atoms with Gasteiger partial charge in [-0.2, -0.15) is 5.10 Å². The van der Waals surface area contributed by atoms with Crippen LogP contribution in [0.2, 0.25) is 0 Å². The molecule has 1 heterocycles. The molecule has 1 aromatic carbocycles. The summed E-state index contributed by atoms with van der Waals surface area (Å²) in [6.07, 6.45) is -2.17. The molecule has 0 saturated carbocycles. The molecule has 1 unspecified atom stereocenters. The van der Waals surface area contributed by atoms with E-state index in [1.54, 1.807) is 41.5 Å². The van der Waals surface area contributed by atoms with Crippen molar-refractivity contribution in [2.45, 2.75) is 91.4 Å². The van der Waals surface area contributed by atoms with Crippen LogP contribution in [0.3, 0.4) is 0 Å². The number of hydrogen-bond donors (Lipinski definition) is 0. The Morgan fingerprint density at radius 2 is 1.41 bits per heavy atom. The summed E-state index contributed by atoms with van der Waals surface area (Å²) in [5, 5.41) is 6.12. The monoisotopic (exact) mass is 475 g/mol. The van der Waals surface area contributed by atoms with E-state index in [0.717, 1.165) is 10.6 Å². The standard InChI is InChI=1S/C25H37N3O6/c1-22(2,3)17-14-12-16(13-15-17)18-25(10,19(29)27(11)26-18)28(20(30)32-23(4,5)6)34-21(31)33-24(7,8)9/h12-15H,1-11H3. The van der Waals surface area contributed by atoms with Crippen molar-refractivity contribution < 1.29 is 28.7 Å². The van der Waals surface area contributed by atoms with Crippen LogP contribution >= 0.6 is 0 Å². The predicted molar refractivity (Wildman–Crippen MR) is 128 cm³/mol. The van der Waals surface area contributed by atoms with E-state index in [9.17, 15) is 14.4 Å². The number of hydrazone groups is 1. The second kappa shape index (κ2) is 8.92. The van der Waals surface area contributed by atoms with Gasteiger partial charge in [-0.1, -0.05) is 45.0 Å². The largest absolute Gasteiger partial charge is 0.534 e. The number of nitrogens with zero attached hydrogens (tertiary/aromatic N) is 3. The zero-order valence-electron chi connectivity index (χ0n) is 22.1. The predicted octanol–water partition coefficient (Wildman–Crippen LogP) is 5.02. The molecule has 34 heavy (non-hydrogen) atoms. The van der Waals surface area contributed by atoms with E-state index in [2.05, 4.69) is 25.9 Å². The first-order valence-electron chi connectivity index (χ1n) is 11.2. The third-order valence-electron chi connectivity index (χ3n) is 4.97. The summed E-state index contributed by atoms with van der Waals surface area (Å²) in [7, 11) is 1.47. The van der Waals surface area contributed by atoms with Gasteiger partial charge in [0.05, 0.1) is 0 Å². The minimum absolute atomic E-state index is 0.0751. The van der Waals surface area contributed by atoms with Crippen LogP contribution in [-0.2, 0) is 24.5 Å². The van der Waals surface area contributed by atoms with Gasteiger partial charge >= 0.3 is 12.2 Å². The van der Waals surface area contributed by atoms with Crippen molar-refractivity contribution in [1.82, 2.24) is 10.1 Å². The number of carbonyl (C=O) groups is 3. The maximum atomic E-state index is 13.3. The molecule has 0 aliphatic carbocycles. The van der Waals surface area contributed by atoms with Gasteiger partial charge in [0.1, 0.15) is 16.9 Å². The highest BCUT2D eigenvalue weighted by Crippen LogP contribution is 2.33. The lowest BCUT2D eigenvalue weighted by Gasteiger charge is -2.36. The van der Waals surface area contributed by atoms with Gasteiger partial charge in [0.2, 0.25) is 5.54 Å². The molecule has 188 valence electrons. The van der Waals surface area contributed by atoms with Crippen LogP contribution in [0.4, 0.5) is 9.59 Å². The van der Waals surface area contributed by atoms with Gasteiger partial charge in [0.15, 0.2) is 0 Å². The lowest BCUT2D eigenvalue weighted by molar-refractivity contribution is -0.176. The summed E-state index contributed by atoms with van der Waals surface area (Å²) in [4.78, 5) is 44.5. The number of benzene rings is 1. The van der Waals surface area contributed by atoms with Crippen LogP contribution < -0.4 is 0 Å². The average Bonchev–Trinajstić information content (AvgIpc) is 2.87. The first-order valence-corrected chi connectivity index (χ1v) is 11.2. The summed E-state index contributed by atoms with van der Waals surface area (Å²) in [5.41, 5.74) is -1.75. The minimum Gasteiger partial charge on any atom is -0.442 e. The quantitative estimate of drug-likeness (QED) is 0.440. The normalized spacial score (nSPS) is 19.0. The lowest BCUT2D eigenvalue weighted by atomic mass is 9.84. The van der Waals surface area contributed by atoms with Gasteiger partial charge in [-0.3, -0.25) is 9.63 Å². The van der Waals surface area contributed by atoms with Crippen molar-refractivity contribution in [2.24, 2.45) is 5.10 Å². The maximum absolute atomic E-state index is 13.3. The number of hydrogen-bond acceptors (Lipinski definition) is 7. The van der Waals surface area contributed by atoms with Crippen molar-refractivity contribution in [3.63, 3.8) is 0 Å². The topological polar surface area (TPSA) is 97.7 Å². The molecule has 0 radical (unpaired) electrons. The van der Waals surface area contributed by atoms with Gasteiger partial charge in [0, 0.05) is 12.6 Å². The fourth-order valence-corrected chi connectivity index (χ4v) is 3.32. The Morgan fingerprint density at radius 3 is 1.85 bits per heavy atom. The SMILES string of the molecule is CN1N=C(c2ccc(C(C)(C)C)cc2)C(C)(N(OC(=O)OC(C)(C)C)C(=O)OC(C)(C)C)C1=O. The van der Waals surface area contributed by atoms with Crippen molar-refractivity contribution in [1.29, 1.82) is 0 Å². The van der Waals surface area contributed by atoms with Crippen LogP contribution in [0.5, 0.6) is 0 Å². The number of carbonyl (C=O) groups excluding carboxylic acids is 3. The third-order valence-corrected chi connectivity index (χ3v) is 4.97. The van der Waals surface area contributed by atoms with Gasteiger partial charge in [-0.05, 0) is 59.4 Å². The molecule has 0 saturated heterocycles. The molecule has 1 aliphatic rings. The second-order valence-electron chi connectivity index (χ2n) is 11.5. The molecule has 9 nitrogen and oxygen atoms in total. The van der Waals surface area contributed by atoms with E-state index < -0.39 is 34.9 Å². The Labute approximate surface area is 202 Å². The molecule has 0 bridgehead atoms. The van der Waals surface area contributed by atoms with E-state index in [0.29, 0.717) is 10.6 Å². The zero-order valence-corrected chi connectivity index (χ0v) is 22.1. The first kappa shape index (κ1) is 27.1.